The Hall–Kier alpha value is -1.39. The minimum Gasteiger partial charge on any atom is -0.485 e. The first-order valence-electron chi connectivity index (χ1n) is 8.10. The molecule has 0 aliphatic carbocycles. The third-order valence-corrected chi connectivity index (χ3v) is 4.77. The van der Waals surface area contributed by atoms with Gasteiger partial charge in [0, 0.05) is 6.04 Å². The molecule has 1 fully saturated rings. The van der Waals surface area contributed by atoms with Gasteiger partial charge in [-0.1, -0.05) is 36.8 Å². The maximum atomic E-state index is 14.4. The normalized spacial score (nSPS) is 17.9. The van der Waals surface area contributed by atoms with Crippen molar-refractivity contribution in [3.8, 4) is 5.75 Å². The fourth-order valence-corrected chi connectivity index (χ4v) is 3.58. The molecule has 0 saturated carbocycles. The summed E-state index contributed by atoms with van der Waals surface area (Å²) in [4.78, 5) is 0. The second-order valence-electron chi connectivity index (χ2n) is 6.01. The highest BCUT2D eigenvalue weighted by molar-refractivity contribution is 9.10. The topological polar surface area (TPSA) is 21.3 Å². The molecule has 1 N–H and O–H groups in total. The molecule has 0 bridgehead atoms. The van der Waals surface area contributed by atoms with E-state index in [1.165, 1.54) is 12.8 Å². The lowest BCUT2D eigenvalue weighted by Gasteiger charge is -2.23. The molecule has 1 heterocycles. The first-order valence-corrected chi connectivity index (χ1v) is 8.89. The largest absolute Gasteiger partial charge is 0.485 e. The maximum absolute atomic E-state index is 14.4. The molecule has 1 atom stereocenters. The summed E-state index contributed by atoms with van der Waals surface area (Å²) >= 11 is 3.45. The van der Waals surface area contributed by atoms with E-state index in [2.05, 4.69) is 21.2 Å². The SMILES string of the molecule is Fc1cc(CC2CCCCN2)cc(Br)c1OCc1ccccc1. The molecule has 1 aliphatic rings. The molecule has 0 aromatic heterocycles. The van der Waals surface area contributed by atoms with Gasteiger partial charge in [-0.05, 0) is 65.0 Å². The molecule has 1 unspecified atom stereocenters. The Balaban J connectivity index is 1.67. The lowest BCUT2D eigenvalue weighted by atomic mass is 9.98. The van der Waals surface area contributed by atoms with Crippen LogP contribution in [0.25, 0.3) is 0 Å². The van der Waals surface area contributed by atoms with Crippen molar-refractivity contribution in [1.29, 1.82) is 0 Å². The Morgan fingerprint density at radius 3 is 2.65 bits per heavy atom. The highest BCUT2D eigenvalue weighted by Crippen LogP contribution is 2.31. The van der Waals surface area contributed by atoms with E-state index in [9.17, 15) is 4.39 Å². The van der Waals surface area contributed by atoms with Gasteiger partial charge in [0.2, 0.25) is 0 Å². The molecular weight excluding hydrogens is 357 g/mol. The Morgan fingerprint density at radius 2 is 1.96 bits per heavy atom. The van der Waals surface area contributed by atoms with E-state index in [1.807, 2.05) is 36.4 Å². The Kier molecular flexibility index (Phi) is 5.68. The van der Waals surface area contributed by atoms with E-state index in [4.69, 9.17) is 4.74 Å². The van der Waals surface area contributed by atoms with Crippen molar-refractivity contribution in [1.82, 2.24) is 5.32 Å². The van der Waals surface area contributed by atoms with Gasteiger partial charge in [0.05, 0.1) is 4.47 Å². The van der Waals surface area contributed by atoms with Gasteiger partial charge in [-0.25, -0.2) is 4.39 Å². The van der Waals surface area contributed by atoms with Gasteiger partial charge >= 0.3 is 0 Å². The van der Waals surface area contributed by atoms with Gasteiger partial charge in [0.25, 0.3) is 0 Å². The van der Waals surface area contributed by atoms with E-state index in [0.717, 1.165) is 30.5 Å². The van der Waals surface area contributed by atoms with Crippen molar-refractivity contribution in [3.05, 3.63) is 63.9 Å². The summed E-state index contributed by atoms with van der Waals surface area (Å²) in [5, 5.41) is 3.50. The molecule has 0 spiro atoms. The van der Waals surface area contributed by atoms with Crippen LogP contribution in [0.5, 0.6) is 5.75 Å². The zero-order chi connectivity index (χ0) is 16.1. The van der Waals surface area contributed by atoms with E-state index < -0.39 is 0 Å². The van der Waals surface area contributed by atoms with Gasteiger partial charge in [-0.3, -0.25) is 0 Å². The van der Waals surface area contributed by atoms with Crippen LogP contribution in [0.3, 0.4) is 0 Å². The van der Waals surface area contributed by atoms with Crippen LogP contribution in [0.15, 0.2) is 46.9 Å². The van der Waals surface area contributed by atoms with Crippen molar-refractivity contribution >= 4 is 15.9 Å². The Labute approximate surface area is 145 Å². The van der Waals surface area contributed by atoms with Crippen LogP contribution >= 0.6 is 15.9 Å². The number of piperidine rings is 1. The summed E-state index contributed by atoms with van der Waals surface area (Å²) in [6.45, 7) is 1.42. The molecule has 2 nitrogen and oxygen atoms in total. The molecule has 0 radical (unpaired) electrons. The number of rotatable bonds is 5. The first-order chi connectivity index (χ1) is 11.2. The fourth-order valence-electron chi connectivity index (χ4n) is 2.98. The highest BCUT2D eigenvalue weighted by Gasteiger charge is 2.16. The molecule has 0 amide bonds. The lowest BCUT2D eigenvalue weighted by Crippen LogP contribution is -2.35. The van der Waals surface area contributed by atoms with Crippen molar-refractivity contribution < 1.29 is 9.13 Å². The number of hydrogen-bond donors (Lipinski definition) is 1. The number of ether oxygens (including phenoxy) is 1. The summed E-state index contributed by atoms with van der Waals surface area (Å²) in [6, 6.07) is 13.8. The minimum atomic E-state index is -0.305. The summed E-state index contributed by atoms with van der Waals surface area (Å²) in [7, 11) is 0. The summed E-state index contributed by atoms with van der Waals surface area (Å²) < 4.78 is 20.7. The Bertz CT molecular complexity index is 618. The van der Waals surface area contributed by atoms with Crippen molar-refractivity contribution in [2.75, 3.05) is 6.54 Å². The fraction of sp³-hybridized carbons (Fsp3) is 0.368. The number of hydrogen-bond acceptors (Lipinski definition) is 2. The van der Waals surface area contributed by atoms with Crippen LogP contribution < -0.4 is 10.1 Å². The molecule has 2 aromatic rings. The van der Waals surface area contributed by atoms with E-state index >= 15 is 0 Å². The zero-order valence-corrected chi connectivity index (χ0v) is 14.6. The number of benzene rings is 2. The van der Waals surface area contributed by atoms with Gasteiger partial charge in [-0.15, -0.1) is 0 Å². The quantitative estimate of drug-likeness (QED) is 0.803. The minimum absolute atomic E-state index is 0.286. The average molecular weight is 378 g/mol. The van der Waals surface area contributed by atoms with Crippen LogP contribution in [0.1, 0.15) is 30.4 Å². The number of nitrogens with one attached hydrogen (secondary N) is 1. The van der Waals surface area contributed by atoms with Crippen molar-refractivity contribution in [2.45, 2.75) is 38.3 Å². The van der Waals surface area contributed by atoms with Crippen LogP contribution in [0.2, 0.25) is 0 Å². The van der Waals surface area contributed by atoms with Crippen LogP contribution in [-0.4, -0.2) is 12.6 Å². The van der Waals surface area contributed by atoms with Crippen molar-refractivity contribution in [3.63, 3.8) is 0 Å². The molecule has 2 aromatic carbocycles. The predicted molar refractivity (Wildman–Crippen MR) is 94.2 cm³/mol. The molecule has 4 heteroatoms. The first kappa shape index (κ1) is 16.5. The lowest BCUT2D eigenvalue weighted by molar-refractivity contribution is 0.288. The van der Waals surface area contributed by atoms with E-state index in [1.54, 1.807) is 6.07 Å². The average Bonchev–Trinajstić information content (AvgIpc) is 2.56. The maximum Gasteiger partial charge on any atom is 0.169 e. The smallest absolute Gasteiger partial charge is 0.169 e. The highest BCUT2D eigenvalue weighted by atomic mass is 79.9. The molecule has 1 aliphatic heterocycles. The van der Waals surface area contributed by atoms with Gasteiger partial charge in [0.15, 0.2) is 11.6 Å². The number of halogens is 2. The molecule has 122 valence electrons. The third kappa shape index (κ3) is 4.55. The van der Waals surface area contributed by atoms with Gasteiger partial charge in [0.1, 0.15) is 6.61 Å². The van der Waals surface area contributed by atoms with Gasteiger partial charge in [-0.2, -0.15) is 0 Å². The molecular formula is C19H21BrFNO. The zero-order valence-electron chi connectivity index (χ0n) is 13.0. The van der Waals surface area contributed by atoms with E-state index in [0.29, 0.717) is 17.1 Å². The van der Waals surface area contributed by atoms with Crippen LogP contribution in [-0.2, 0) is 13.0 Å². The summed E-state index contributed by atoms with van der Waals surface area (Å²) in [5.74, 6) is -0.0182. The summed E-state index contributed by atoms with van der Waals surface area (Å²) in [5.41, 5.74) is 2.02. The Morgan fingerprint density at radius 1 is 1.13 bits per heavy atom. The standard InChI is InChI=1S/C19H21BrFNO/c20-17-11-15(10-16-8-4-5-9-22-16)12-18(21)19(17)23-13-14-6-2-1-3-7-14/h1-3,6-7,11-12,16,22H,4-5,8-10,13H2. The second-order valence-corrected chi connectivity index (χ2v) is 6.87. The van der Waals surface area contributed by atoms with Crippen LogP contribution in [0.4, 0.5) is 4.39 Å². The van der Waals surface area contributed by atoms with Crippen LogP contribution in [0, 0.1) is 5.82 Å². The van der Waals surface area contributed by atoms with Gasteiger partial charge < -0.3 is 10.1 Å². The summed E-state index contributed by atoms with van der Waals surface area (Å²) in [6.07, 6.45) is 4.50. The molecule has 23 heavy (non-hydrogen) atoms. The molecule has 3 rings (SSSR count). The monoisotopic (exact) mass is 377 g/mol. The van der Waals surface area contributed by atoms with Crippen molar-refractivity contribution in [2.24, 2.45) is 0 Å². The predicted octanol–water partition coefficient (Wildman–Crippen LogP) is 4.85. The second kappa shape index (κ2) is 7.93. The third-order valence-electron chi connectivity index (χ3n) is 4.18. The van der Waals surface area contributed by atoms with E-state index in [-0.39, 0.29) is 11.6 Å². The molecule has 1 saturated heterocycles.